The summed E-state index contributed by atoms with van der Waals surface area (Å²) in [5.41, 5.74) is 2.65. The molecule has 0 unspecified atom stereocenters. The van der Waals surface area contributed by atoms with Crippen molar-refractivity contribution in [2.45, 2.75) is 20.4 Å². The zero-order valence-corrected chi connectivity index (χ0v) is 15.7. The van der Waals surface area contributed by atoms with Gasteiger partial charge >= 0.3 is 0 Å². The van der Waals surface area contributed by atoms with Crippen LogP contribution in [-0.2, 0) is 11.3 Å². The van der Waals surface area contributed by atoms with Crippen molar-refractivity contribution in [2.24, 2.45) is 0 Å². The fraction of sp³-hybridized carbons (Fsp3) is 0.263. The number of hydrogen-bond donors (Lipinski definition) is 1. The van der Waals surface area contributed by atoms with Crippen LogP contribution in [0, 0.1) is 18.3 Å². The van der Waals surface area contributed by atoms with Gasteiger partial charge in [-0.3, -0.25) is 4.79 Å². The Morgan fingerprint density at radius 1 is 1.24 bits per heavy atom. The summed E-state index contributed by atoms with van der Waals surface area (Å²) in [7, 11) is 0. The van der Waals surface area contributed by atoms with Crippen molar-refractivity contribution >= 4 is 21.8 Å². The standard InChI is InChI=1S/C19H19BrN2O3/c1-3-24-17-9-15(10-21)8-16(20)19(17)25-12-18(23)22-11-14-6-4-13(2)5-7-14/h4-9H,3,11-12H2,1-2H3,(H,22,23). The van der Waals surface area contributed by atoms with Crippen LogP contribution in [0.4, 0.5) is 0 Å². The summed E-state index contributed by atoms with van der Waals surface area (Å²) in [6.45, 7) is 4.58. The molecule has 0 aliphatic rings. The fourth-order valence-electron chi connectivity index (χ4n) is 2.13. The van der Waals surface area contributed by atoms with Gasteiger partial charge in [0.05, 0.1) is 22.7 Å². The highest BCUT2D eigenvalue weighted by atomic mass is 79.9. The average Bonchev–Trinajstić information content (AvgIpc) is 2.60. The van der Waals surface area contributed by atoms with E-state index in [0.29, 0.717) is 34.7 Å². The molecule has 0 heterocycles. The van der Waals surface area contributed by atoms with E-state index in [4.69, 9.17) is 14.7 Å². The first-order valence-electron chi connectivity index (χ1n) is 7.85. The molecule has 0 radical (unpaired) electrons. The maximum Gasteiger partial charge on any atom is 0.258 e. The predicted molar refractivity (Wildman–Crippen MR) is 98.5 cm³/mol. The molecule has 1 amide bonds. The normalized spacial score (nSPS) is 10.0. The van der Waals surface area contributed by atoms with Crippen molar-refractivity contribution in [1.82, 2.24) is 5.32 Å². The first-order valence-corrected chi connectivity index (χ1v) is 8.64. The molecular weight excluding hydrogens is 384 g/mol. The number of halogens is 1. The second kappa shape index (κ2) is 9.09. The van der Waals surface area contributed by atoms with Crippen LogP contribution < -0.4 is 14.8 Å². The Bertz CT molecular complexity index is 782. The molecular formula is C19H19BrN2O3. The van der Waals surface area contributed by atoms with Crippen molar-refractivity contribution in [3.8, 4) is 17.6 Å². The lowest BCUT2D eigenvalue weighted by atomic mass is 10.1. The van der Waals surface area contributed by atoms with Crippen molar-refractivity contribution in [3.05, 3.63) is 57.6 Å². The molecule has 0 aromatic heterocycles. The van der Waals surface area contributed by atoms with Gasteiger partial charge in [0.1, 0.15) is 0 Å². The number of carbonyl (C=O) groups is 1. The second-order valence-corrected chi connectivity index (χ2v) is 6.24. The average molecular weight is 403 g/mol. The molecule has 5 nitrogen and oxygen atoms in total. The number of ether oxygens (including phenoxy) is 2. The number of amides is 1. The minimum atomic E-state index is -0.237. The number of benzene rings is 2. The molecule has 0 saturated heterocycles. The van der Waals surface area contributed by atoms with Crippen molar-refractivity contribution in [3.63, 3.8) is 0 Å². The van der Waals surface area contributed by atoms with Gasteiger partial charge in [0, 0.05) is 12.6 Å². The Balaban J connectivity index is 1.96. The van der Waals surface area contributed by atoms with Gasteiger partial charge in [0.2, 0.25) is 0 Å². The van der Waals surface area contributed by atoms with Crippen LogP contribution in [0.15, 0.2) is 40.9 Å². The summed E-state index contributed by atoms with van der Waals surface area (Å²) in [6, 6.07) is 13.2. The number of aryl methyl sites for hydroxylation is 1. The Morgan fingerprint density at radius 3 is 2.60 bits per heavy atom. The number of nitrogens with zero attached hydrogens (tertiary/aromatic N) is 1. The zero-order valence-electron chi connectivity index (χ0n) is 14.1. The van der Waals surface area contributed by atoms with Gasteiger partial charge in [-0.25, -0.2) is 0 Å². The zero-order chi connectivity index (χ0) is 18.2. The monoisotopic (exact) mass is 402 g/mol. The van der Waals surface area contributed by atoms with Gasteiger partial charge in [0.25, 0.3) is 5.91 Å². The van der Waals surface area contributed by atoms with Crippen LogP contribution in [0.5, 0.6) is 11.5 Å². The molecule has 2 aromatic rings. The molecule has 0 saturated carbocycles. The highest BCUT2D eigenvalue weighted by molar-refractivity contribution is 9.10. The molecule has 25 heavy (non-hydrogen) atoms. The van der Waals surface area contributed by atoms with Crippen molar-refractivity contribution < 1.29 is 14.3 Å². The van der Waals surface area contributed by atoms with Gasteiger partial charge in [0.15, 0.2) is 18.1 Å². The number of rotatable bonds is 7. The van der Waals surface area contributed by atoms with E-state index in [1.54, 1.807) is 12.1 Å². The fourth-order valence-corrected chi connectivity index (χ4v) is 2.69. The van der Waals surface area contributed by atoms with E-state index in [9.17, 15) is 4.79 Å². The molecule has 2 rings (SSSR count). The van der Waals surface area contributed by atoms with E-state index in [0.717, 1.165) is 5.56 Å². The first kappa shape index (κ1) is 18.8. The number of carbonyl (C=O) groups excluding carboxylic acids is 1. The third-order valence-electron chi connectivity index (χ3n) is 3.40. The summed E-state index contributed by atoms with van der Waals surface area (Å²) in [6.07, 6.45) is 0. The number of nitriles is 1. The third kappa shape index (κ3) is 5.50. The first-order chi connectivity index (χ1) is 12.0. The summed E-state index contributed by atoms with van der Waals surface area (Å²) < 4.78 is 11.7. The van der Waals surface area contributed by atoms with Crippen LogP contribution in [-0.4, -0.2) is 19.1 Å². The van der Waals surface area contributed by atoms with Crippen LogP contribution in [0.2, 0.25) is 0 Å². The molecule has 0 aliphatic carbocycles. The van der Waals surface area contributed by atoms with Gasteiger partial charge < -0.3 is 14.8 Å². The number of nitrogens with one attached hydrogen (secondary N) is 1. The second-order valence-electron chi connectivity index (χ2n) is 5.38. The lowest BCUT2D eigenvalue weighted by molar-refractivity contribution is -0.123. The van der Waals surface area contributed by atoms with E-state index < -0.39 is 0 Å². The quantitative estimate of drug-likeness (QED) is 0.765. The summed E-state index contributed by atoms with van der Waals surface area (Å²) in [4.78, 5) is 12.0. The predicted octanol–water partition coefficient (Wildman–Crippen LogP) is 3.72. The van der Waals surface area contributed by atoms with Gasteiger partial charge in [-0.15, -0.1) is 0 Å². The summed E-state index contributed by atoms with van der Waals surface area (Å²) >= 11 is 3.35. The number of hydrogen-bond acceptors (Lipinski definition) is 4. The minimum absolute atomic E-state index is 0.142. The SMILES string of the molecule is CCOc1cc(C#N)cc(Br)c1OCC(=O)NCc1ccc(C)cc1. The molecule has 0 atom stereocenters. The molecule has 2 aromatic carbocycles. The van der Waals surface area contributed by atoms with E-state index in [-0.39, 0.29) is 12.5 Å². The molecule has 0 aliphatic heterocycles. The molecule has 0 bridgehead atoms. The lowest BCUT2D eigenvalue weighted by Crippen LogP contribution is -2.28. The molecule has 0 fully saturated rings. The Labute approximate surface area is 155 Å². The molecule has 6 heteroatoms. The highest BCUT2D eigenvalue weighted by Gasteiger charge is 2.14. The van der Waals surface area contributed by atoms with Gasteiger partial charge in [-0.05, 0) is 41.4 Å². The summed E-state index contributed by atoms with van der Waals surface area (Å²) in [5, 5.41) is 11.8. The van der Waals surface area contributed by atoms with Gasteiger partial charge in [-0.2, -0.15) is 5.26 Å². The topological polar surface area (TPSA) is 71.3 Å². The maximum absolute atomic E-state index is 12.0. The van der Waals surface area contributed by atoms with E-state index in [2.05, 4.69) is 27.3 Å². The Kier molecular flexibility index (Phi) is 6.84. The molecule has 0 spiro atoms. The Hall–Kier alpha value is -2.52. The molecule has 130 valence electrons. The minimum Gasteiger partial charge on any atom is -0.490 e. The van der Waals surface area contributed by atoms with Crippen LogP contribution in [0.3, 0.4) is 0 Å². The van der Waals surface area contributed by atoms with E-state index in [1.165, 1.54) is 5.56 Å². The van der Waals surface area contributed by atoms with Crippen LogP contribution in [0.25, 0.3) is 0 Å². The van der Waals surface area contributed by atoms with Crippen molar-refractivity contribution in [2.75, 3.05) is 13.2 Å². The van der Waals surface area contributed by atoms with Gasteiger partial charge in [-0.1, -0.05) is 29.8 Å². The van der Waals surface area contributed by atoms with E-state index in [1.807, 2.05) is 38.1 Å². The maximum atomic E-state index is 12.0. The smallest absolute Gasteiger partial charge is 0.258 e. The molecule has 1 N–H and O–H groups in total. The lowest BCUT2D eigenvalue weighted by Gasteiger charge is -2.14. The summed E-state index contributed by atoms with van der Waals surface area (Å²) in [5.74, 6) is 0.602. The third-order valence-corrected chi connectivity index (χ3v) is 3.99. The highest BCUT2D eigenvalue weighted by Crippen LogP contribution is 2.36. The van der Waals surface area contributed by atoms with Crippen LogP contribution >= 0.6 is 15.9 Å². The Morgan fingerprint density at radius 2 is 1.96 bits per heavy atom. The van der Waals surface area contributed by atoms with Crippen LogP contribution in [0.1, 0.15) is 23.6 Å². The van der Waals surface area contributed by atoms with E-state index >= 15 is 0 Å². The largest absolute Gasteiger partial charge is 0.490 e. The van der Waals surface area contributed by atoms with Crippen molar-refractivity contribution in [1.29, 1.82) is 5.26 Å².